The maximum atomic E-state index is 10.9. The predicted octanol–water partition coefficient (Wildman–Crippen LogP) is 2.03. The monoisotopic (exact) mass is 342 g/mol. The van der Waals surface area contributed by atoms with Crippen molar-refractivity contribution in [2.75, 3.05) is 13.2 Å². The first kappa shape index (κ1) is 17.5. The first-order valence-electron chi connectivity index (χ1n) is 8.76. The van der Waals surface area contributed by atoms with Crippen molar-refractivity contribution in [3.05, 3.63) is 47.3 Å². The van der Waals surface area contributed by atoms with Crippen molar-refractivity contribution < 1.29 is 9.53 Å². The van der Waals surface area contributed by atoms with E-state index in [-0.39, 0.29) is 6.61 Å². The van der Waals surface area contributed by atoms with Crippen LogP contribution in [-0.2, 0) is 17.9 Å². The van der Waals surface area contributed by atoms with Gasteiger partial charge in [-0.05, 0) is 57.0 Å². The summed E-state index contributed by atoms with van der Waals surface area (Å²) < 4.78 is 7.52. The first-order chi connectivity index (χ1) is 12.0. The van der Waals surface area contributed by atoms with Crippen LogP contribution in [0.25, 0.3) is 0 Å². The van der Waals surface area contributed by atoms with Gasteiger partial charge in [-0.1, -0.05) is 12.1 Å². The van der Waals surface area contributed by atoms with E-state index < -0.39 is 5.91 Å². The van der Waals surface area contributed by atoms with Gasteiger partial charge in [0.2, 0.25) is 0 Å². The molecule has 2 aromatic rings. The van der Waals surface area contributed by atoms with Crippen molar-refractivity contribution >= 4 is 5.91 Å². The van der Waals surface area contributed by atoms with Gasteiger partial charge >= 0.3 is 0 Å². The molecule has 6 nitrogen and oxygen atoms in total. The van der Waals surface area contributed by atoms with E-state index in [1.165, 1.54) is 24.1 Å². The van der Waals surface area contributed by atoms with Gasteiger partial charge in [0, 0.05) is 18.3 Å². The quantitative estimate of drug-likeness (QED) is 0.835. The molecule has 1 saturated heterocycles. The zero-order chi connectivity index (χ0) is 17.8. The van der Waals surface area contributed by atoms with E-state index in [0.29, 0.717) is 11.8 Å². The molecule has 2 heterocycles. The first-order valence-corrected chi connectivity index (χ1v) is 8.76. The third kappa shape index (κ3) is 4.60. The Morgan fingerprint density at radius 3 is 2.92 bits per heavy atom. The Kier molecular flexibility index (Phi) is 5.38. The largest absolute Gasteiger partial charge is 0.484 e. The Hall–Kier alpha value is -2.34. The summed E-state index contributed by atoms with van der Waals surface area (Å²) in [5.74, 6) is 0.223. The van der Waals surface area contributed by atoms with Gasteiger partial charge in [-0.3, -0.25) is 14.4 Å². The molecule has 1 fully saturated rings. The molecule has 1 aromatic heterocycles. The van der Waals surface area contributed by atoms with Crippen LogP contribution in [0.1, 0.15) is 29.8 Å². The van der Waals surface area contributed by atoms with E-state index in [1.54, 1.807) is 0 Å². The van der Waals surface area contributed by atoms with Crippen LogP contribution in [0, 0.1) is 13.8 Å². The second kappa shape index (κ2) is 7.70. The van der Waals surface area contributed by atoms with Crippen LogP contribution in [0.2, 0.25) is 0 Å². The summed E-state index contributed by atoms with van der Waals surface area (Å²) in [7, 11) is 0. The minimum atomic E-state index is -0.463. The Balaban J connectivity index is 1.64. The number of benzene rings is 1. The van der Waals surface area contributed by atoms with Gasteiger partial charge in [0.15, 0.2) is 6.61 Å². The molecular weight excluding hydrogens is 316 g/mol. The lowest BCUT2D eigenvalue weighted by Crippen LogP contribution is -2.33. The second-order valence-electron chi connectivity index (χ2n) is 6.78. The topological polar surface area (TPSA) is 73.4 Å². The lowest BCUT2D eigenvalue weighted by atomic mass is 10.1. The normalized spacial score (nSPS) is 17.8. The lowest BCUT2D eigenvalue weighted by molar-refractivity contribution is -0.119. The van der Waals surface area contributed by atoms with Crippen molar-refractivity contribution in [2.45, 2.75) is 45.8 Å². The van der Waals surface area contributed by atoms with Crippen molar-refractivity contribution in [1.82, 2.24) is 14.7 Å². The zero-order valence-corrected chi connectivity index (χ0v) is 14.9. The number of aromatic nitrogens is 2. The van der Waals surface area contributed by atoms with Gasteiger partial charge in [-0.25, -0.2) is 0 Å². The van der Waals surface area contributed by atoms with Crippen LogP contribution in [-0.4, -0.2) is 39.8 Å². The Labute approximate surface area is 148 Å². The highest BCUT2D eigenvalue weighted by Gasteiger charge is 2.25. The van der Waals surface area contributed by atoms with Crippen molar-refractivity contribution in [1.29, 1.82) is 0 Å². The summed E-state index contributed by atoms with van der Waals surface area (Å²) in [6, 6.07) is 10.5. The Morgan fingerprint density at radius 2 is 2.20 bits per heavy atom. The molecule has 1 aromatic carbocycles. The summed E-state index contributed by atoms with van der Waals surface area (Å²) in [6.07, 6.45) is 2.40. The number of primary amides is 1. The summed E-state index contributed by atoms with van der Waals surface area (Å²) in [5, 5.41) is 4.60. The second-order valence-corrected chi connectivity index (χ2v) is 6.78. The SMILES string of the molecule is Cc1cc(C)n(C[C@@H]2CCCN2Cc2cccc(OCC(N)=O)c2)n1. The van der Waals surface area contributed by atoms with Crippen LogP contribution < -0.4 is 10.5 Å². The molecule has 6 heteroatoms. The van der Waals surface area contributed by atoms with Gasteiger partial charge in [0.25, 0.3) is 5.91 Å². The molecule has 25 heavy (non-hydrogen) atoms. The number of aryl methyl sites for hydroxylation is 2. The summed E-state index contributed by atoms with van der Waals surface area (Å²) in [6.45, 7) is 6.95. The number of rotatable bonds is 7. The van der Waals surface area contributed by atoms with E-state index in [1.807, 2.05) is 25.1 Å². The van der Waals surface area contributed by atoms with Gasteiger partial charge < -0.3 is 10.5 Å². The lowest BCUT2D eigenvalue weighted by Gasteiger charge is -2.25. The molecule has 2 N–H and O–H groups in total. The Bertz CT molecular complexity index is 741. The highest BCUT2D eigenvalue weighted by Crippen LogP contribution is 2.23. The van der Waals surface area contributed by atoms with Crippen LogP contribution in [0.15, 0.2) is 30.3 Å². The standard InChI is InChI=1S/C19H26N4O2/c1-14-9-15(2)23(21-14)12-17-6-4-8-22(17)11-16-5-3-7-18(10-16)25-13-19(20)24/h3,5,7,9-10,17H,4,6,8,11-13H2,1-2H3,(H2,20,24)/t17-/m0/s1. The van der Waals surface area contributed by atoms with Crippen molar-refractivity contribution in [3.8, 4) is 5.75 Å². The van der Waals surface area contributed by atoms with Crippen LogP contribution in [0.4, 0.5) is 0 Å². The number of carbonyl (C=O) groups excluding carboxylic acids is 1. The smallest absolute Gasteiger partial charge is 0.255 e. The highest BCUT2D eigenvalue weighted by atomic mass is 16.5. The number of ether oxygens (including phenoxy) is 1. The number of nitrogens with zero attached hydrogens (tertiary/aromatic N) is 3. The number of hydrogen-bond acceptors (Lipinski definition) is 4. The van der Waals surface area contributed by atoms with Crippen LogP contribution in [0.5, 0.6) is 5.75 Å². The number of carbonyl (C=O) groups is 1. The summed E-state index contributed by atoms with van der Waals surface area (Å²) >= 11 is 0. The Morgan fingerprint density at radius 1 is 1.36 bits per heavy atom. The molecular formula is C19H26N4O2. The van der Waals surface area contributed by atoms with Crippen LogP contribution in [0.3, 0.4) is 0 Å². The van der Waals surface area contributed by atoms with E-state index in [9.17, 15) is 4.79 Å². The molecule has 0 bridgehead atoms. The fraction of sp³-hybridized carbons (Fsp3) is 0.474. The number of amides is 1. The molecule has 0 spiro atoms. The molecule has 134 valence electrons. The van der Waals surface area contributed by atoms with Gasteiger partial charge in [0.05, 0.1) is 12.2 Å². The van der Waals surface area contributed by atoms with Crippen molar-refractivity contribution in [2.24, 2.45) is 5.73 Å². The number of hydrogen-bond donors (Lipinski definition) is 1. The molecule has 1 aliphatic rings. The number of nitrogens with two attached hydrogens (primary N) is 1. The van der Waals surface area contributed by atoms with Gasteiger partial charge in [0.1, 0.15) is 5.75 Å². The molecule has 0 unspecified atom stereocenters. The maximum Gasteiger partial charge on any atom is 0.255 e. The van der Waals surface area contributed by atoms with Gasteiger partial charge in [-0.15, -0.1) is 0 Å². The van der Waals surface area contributed by atoms with E-state index in [4.69, 9.17) is 10.5 Å². The summed E-state index contributed by atoms with van der Waals surface area (Å²) in [4.78, 5) is 13.4. The molecule has 0 radical (unpaired) electrons. The zero-order valence-electron chi connectivity index (χ0n) is 14.9. The molecule has 3 rings (SSSR count). The molecule has 0 aliphatic carbocycles. The predicted molar refractivity (Wildman–Crippen MR) is 96.3 cm³/mol. The van der Waals surface area contributed by atoms with Gasteiger partial charge in [-0.2, -0.15) is 5.10 Å². The molecule has 1 amide bonds. The highest BCUT2D eigenvalue weighted by molar-refractivity contribution is 5.75. The third-order valence-electron chi connectivity index (χ3n) is 4.65. The molecule has 1 aliphatic heterocycles. The minimum absolute atomic E-state index is 0.0896. The third-order valence-corrected chi connectivity index (χ3v) is 4.65. The average Bonchev–Trinajstić information content (AvgIpc) is 3.12. The van der Waals surface area contributed by atoms with E-state index in [2.05, 4.69) is 33.7 Å². The average molecular weight is 342 g/mol. The fourth-order valence-corrected chi connectivity index (χ4v) is 3.49. The van der Waals surface area contributed by atoms with E-state index in [0.717, 1.165) is 25.3 Å². The fourth-order valence-electron chi connectivity index (χ4n) is 3.49. The molecule has 1 atom stereocenters. The number of likely N-dealkylation sites (tertiary alicyclic amines) is 1. The molecule has 0 saturated carbocycles. The van der Waals surface area contributed by atoms with Crippen LogP contribution >= 0.6 is 0 Å². The minimum Gasteiger partial charge on any atom is -0.484 e. The van der Waals surface area contributed by atoms with E-state index >= 15 is 0 Å². The van der Waals surface area contributed by atoms with Crippen molar-refractivity contribution in [3.63, 3.8) is 0 Å². The maximum absolute atomic E-state index is 10.9. The summed E-state index contributed by atoms with van der Waals surface area (Å²) in [5.41, 5.74) is 8.60.